The van der Waals surface area contributed by atoms with Crippen molar-refractivity contribution in [3.05, 3.63) is 30.7 Å². The number of aromatic amines is 1. The lowest BCUT2D eigenvalue weighted by atomic mass is 10.3. The van der Waals surface area contributed by atoms with E-state index in [1.807, 2.05) is 18.5 Å². The van der Waals surface area contributed by atoms with Gasteiger partial charge in [0.1, 0.15) is 0 Å². The molecule has 2 aromatic rings. The molecule has 3 rings (SSSR count). The lowest BCUT2D eigenvalue weighted by Gasteiger charge is -1.93. The van der Waals surface area contributed by atoms with Crippen LogP contribution in [0.4, 0.5) is 0 Å². The van der Waals surface area contributed by atoms with Crippen molar-refractivity contribution >= 4 is 0 Å². The minimum absolute atomic E-state index is 0.670. The van der Waals surface area contributed by atoms with Gasteiger partial charge in [0.15, 0.2) is 0 Å². The normalized spacial score (nSPS) is 16.3. The average Bonchev–Trinajstić information content (AvgIpc) is 2.72. The molecule has 0 bridgehead atoms. The second-order valence-corrected chi connectivity index (χ2v) is 3.52. The number of hydrogen-bond acceptors (Lipinski definition) is 1. The molecule has 0 unspecified atom stereocenters. The zero-order valence-electron chi connectivity index (χ0n) is 7.27. The summed E-state index contributed by atoms with van der Waals surface area (Å²) in [6.07, 6.45) is 8.54. The Morgan fingerprint density at radius 3 is 3.08 bits per heavy atom. The van der Waals surface area contributed by atoms with Crippen LogP contribution in [0.2, 0.25) is 0 Å². The van der Waals surface area contributed by atoms with E-state index in [1.165, 1.54) is 18.4 Å². The van der Waals surface area contributed by atoms with Crippen LogP contribution in [0, 0.1) is 0 Å². The molecule has 3 nitrogen and oxygen atoms in total. The summed E-state index contributed by atoms with van der Waals surface area (Å²) < 4.78 is 2.07. The summed E-state index contributed by atoms with van der Waals surface area (Å²) in [5, 5.41) is 4.33. The molecule has 0 spiro atoms. The Balaban J connectivity index is 1.97. The van der Waals surface area contributed by atoms with Crippen LogP contribution in [0.5, 0.6) is 0 Å². The average molecular weight is 173 g/mol. The van der Waals surface area contributed by atoms with Crippen molar-refractivity contribution in [2.24, 2.45) is 0 Å². The molecule has 1 aliphatic rings. The Morgan fingerprint density at radius 2 is 2.38 bits per heavy atom. The summed E-state index contributed by atoms with van der Waals surface area (Å²) in [7, 11) is 0. The monoisotopic (exact) mass is 173 g/mol. The maximum atomic E-state index is 4.33. The third kappa shape index (κ3) is 1.16. The van der Waals surface area contributed by atoms with E-state index in [0.29, 0.717) is 6.04 Å². The Morgan fingerprint density at radius 1 is 1.46 bits per heavy atom. The minimum Gasteiger partial charge on any atom is -0.361 e. The molecule has 3 heteroatoms. The number of nitrogens with zero attached hydrogens (tertiary/aromatic N) is 2. The molecule has 1 aliphatic carbocycles. The first-order chi connectivity index (χ1) is 6.43. The van der Waals surface area contributed by atoms with Crippen molar-refractivity contribution in [1.29, 1.82) is 0 Å². The summed E-state index contributed by atoms with van der Waals surface area (Å²) in [6.45, 7) is 0. The van der Waals surface area contributed by atoms with Gasteiger partial charge in [0.25, 0.3) is 0 Å². The molecule has 0 aromatic carbocycles. The van der Waals surface area contributed by atoms with Crippen molar-refractivity contribution in [3.63, 3.8) is 0 Å². The highest BCUT2D eigenvalue weighted by Crippen LogP contribution is 2.34. The van der Waals surface area contributed by atoms with Gasteiger partial charge in [0.05, 0.1) is 12.2 Å². The largest absolute Gasteiger partial charge is 0.361 e. The molecule has 1 saturated carbocycles. The summed E-state index contributed by atoms with van der Waals surface area (Å²) in [6, 6.07) is 4.74. The Bertz CT molecular complexity index is 395. The third-order valence-corrected chi connectivity index (χ3v) is 2.43. The minimum atomic E-state index is 0.670. The van der Waals surface area contributed by atoms with E-state index in [4.69, 9.17) is 0 Å². The zero-order chi connectivity index (χ0) is 8.67. The van der Waals surface area contributed by atoms with Crippen LogP contribution in [0.1, 0.15) is 18.9 Å². The summed E-state index contributed by atoms with van der Waals surface area (Å²) in [5.41, 5.74) is 2.32. The van der Waals surface area contributed by atoms with E-state index in [0.717, 1.165) is 5.69 Å². The number of hydrogen-bond donors (Lipinski definition) is 1. The van der Waals surface area contributed by atoms with Gasteiger partial charge in [-0.15, -0.1) is 0 Å². The van der Waals surface area contributed by atoms with Gasteiger partial charge in [-0.1, -0.05) is 0 Å². The molecule has 0 aliphatic heterocycles. The lowest BCUT2D eigenvalue weighted by Crippen LogP contribution is -1.91. The van der Waals surface area contributed by atoms with Crippen LogP contribution < -0.4 is 0 Å². The van der Waals surface area contributed by atoms with Crippen molar-refractivity contribution in [2.45, 2.75) is 18.9 Å². The molecule has 1 N–H and O–H groups in total. The summed E-state index contributed by atoms with van der Waals surface area (Å²) in [4.78, 5) is 3.17. The molecule has 66 valence electrons. The van der Waals surface area contributed by atoms with E-state index >= 15 is 0 Å². The van der Waals surface area contributed by atoms with Gasteiger partial charge in [-0.3, -0.25) is 4.68 Å². The van der Waals surface area contributed by atoms with E-state index in [9.17, 15) is 0 Å². The highest BCUT2D eigenvalue weighted by Gasteiger charge is 2.24. The summed E-state index contributed by atoms with van der Waals surface area (Å²) >= 11 is 0. The number of H-pyrrole nitrogens is 1. The Labute approximate surface area is 76.4 Å². The first-order valence-electron chi connectivity index (χ1n) is 4.61. The topological polar surface area (TPSA) is 33.6 Å². The van der Waals surface area contributed by atoms with Gasteiger partial charge in [0.2, 0.25) is 0 Å². The maximum Gasteiger partial charge on any atom is 0.0583 e. The van der Waals surface area contributed by atoms with Crippen LogP contribution in [0.25, 0.3) is 11.3 Å². The SMILES string of the molecule is c1c[nH]c(-c2cnn(C3CC3)c2)c1. The summed E-state index contributed by atoms with van der Waals surface area (Å²) in [5.74, 6) is 0. The van der Waals surface area contributed by atoms with Gasteiger partial charge < -0.3 is 4.98 Å². The van der Waals surface area contributed by atoms with Crippen molar-refractivity contribution in [3.8, 4) is 11.3 Å². The second kappa shape index (κ2) is 2.49. The first-order valence-corrected chi connectivity index (χ1v) is 4.61. The van der Waals surface area contributed by atoms with Gasteiger partial charge in [-0.05, 0) is 25.0 Å². The number of aromatic nitrogens is 3. The maximum absolute atomic E-state index is 4.33. The molecule has 1 fully saturated rings. The van der Waals surface area contributed by atoms with Crippen LogP contribution in [-0.4, -0.2) is 14.8 Å². The lowest BCUT2D eigenvalue weighted by molar-refractivity contribution is 0.642. The number of nitrogens with one attached hydrogen (secondary N) is 1. The van der Waals surface area contributed by atoms with Crippen molar-refractivity contribution < 1.29 is 0 Å². The van der Waals surface area contributed by atoms with Gasteiger partial charge >= 0.3 is 0 Å². The predicted molar refractivity (Wildman–Crippen MR) is 50.3 cm³/mol. The Kier molecular flexibility index (Phi) is 1.33. The third-order valence-electron chi connectivity index (χ3n) is 2.43. The molecule has 0 atom stereocenters. The van der Waals surface area contributed by atoms with Crippen LogP contribution in [0.3, 0.4) is 0 Å². The van der Waals surface area contributed by atoms with E-state index < -0.39 is 0 Å². The fourth-order valence-electron chi connectivity index (χ4n) is 1.53. The molecule has 0 saturated heterocycles. The van der Waals surface area contributed by atoms with E-state index in [1.54, 1.807) is 0 Å². The molecule has 0 radical (unpaired) electrons. The van der Waals surface area contributed by atoms with E-state index in [-0.39, 0.29) is 0 Å². The molecular weight excluding hydrogens is 162 g/mol. The molecule has 2 heterocycles. The first kappa shape index (κ1) is 6.95. The quantitative estimate of drug-likeness (QED) is 0.742. The van der Waals surface area contributed by atoms with Gasteiger partial charge in [-0.25, -0.2) is 0 Å². The predicted octanol–water partition coefficient (Wildman–Crippen LogP) is 2.21. The number of rotatable bonds is 2. The zero-order valence-corrected chi connectivity index (χ0v) is 7.27. The second-order valence-electron chi connectivity index (χ2n) is 3.52. The fraction of sp³-hybridized carbons (Fsp3) is 0.300. The highest BCUT2D eigenvalue weighted by molar-refractivity contribution is 5.56. The molecule has 2 aromatic heterocycles. The van der Waals surface area contributed by atoms with Crippen LogP contribution in [0.15, 0.2) is 30.7 Å². The standard InChI is InChI=1S/C10H11N3/c1-2-10(11-5-1)8-6-12-13(7-8)9-3-4-9/h1-2,5-7,9,11H,3-4H2. The van der Waals surface area contributed by atoms with Gasteiger partial charge in [-0.2, -0.15) is 5.10 Å². The van der Waals surface area contributed by atoms with Gasteiger partial charge in [0, 0.05) is 23.7 Å². The van der Waals surface area contributed by atoms with Crippen LogP contribution >= 0.6 is 0 Å². The molecule has 13 heavy (non-hydrogen) atoms. The van der Waals surface area contributed by atoms with Crippen molar-refractivity contribution in [2.75, 3.05) is 0 Å². The Hall–Kier alpha value is -1.51. The van der Waals surface area contributed by atoms with E-state index in [2.05, 4.69) is 27.0 Å². The molecular formula is C10H11N3. The fourth-order valence-corrected chi connectivity index (χ4v) is 1.53. The van der Waals surface area contributed by atoms with Crippen LogP contribution in [-0.2, 0) is 0 Å². The smallest absolute Gasteiger partial charge is 0.0583 e. The van der Waals surface area contributed by atoms with Crippen molar-refractivity contribution in [1.82, 2.24) is 14.8 Å². The molecule has 0 amide bonds. The highest BCUT2D eigenvalue weighted by atomic mass is 15.3.